The van der Waals surface area contributed by atoms with E-state index in [1.807, 2.05) is 116 Å². The van der Waals surface area contributed by atoms with E-state index in [1.165, 1.54) is 79.5 Å². The van der Waals surface area contributed by atoms with Gasteiger partial charge in [0, 0.05) is 123 Å². The molecule has 5 heterocycles. The van der Waals surface area contributed by atoms with E-state index in [0.717, 1.165) is 73.3 Å². The first-order valence-electron chi connectivity index (χ1n) is 31.6. The monoisotopic (exact) mass is 2030 g/mol. The van der Waals surface area contributed by atoms with Gasteiger partial charge in [0.1, 0.15) is 0 Å². The van der Waals surface area contributed by atoms with Gasteiger partial charge in [0.15, 0.2) is 0 Å². The molecular formula is C88H71F3Ir4N5-5. The fourth-order valence-corrected chi connectivity index (χ4v) is 11.1. The molecule has 0 saturated heterocycles. The SMILES string of the molecule is Cc1[c-]c(-c2cc(C)c(-c3ccccc3)cn2)cc(C)c1.Cc1[c-]c(-c2cc(C)c(-c3ccccc3)cn2)cc(C)c1.Cc1ccccc1-c1ccc(-c2[c-]cccc2)nc1.Cc1cccnc1-c1[c-]cccc1.FC(F)(F)c1ccccc1-c1ccnc(-c2[c-]cccc2)c1.[Ir].[Ir].[Ir].[Ir]. The zero-order valence-corrected chi connectivity index (χ0v) is 65.9. The van der Waals surface area contributed by atoms with Crippen molar-refractivity contribution in [3.8, 4) is 101 Å². The Balaban J connectivity index is 0.000000197. The van der Waals surface area contributed by atoms with Crippen molar-refractivity contribution >= 4 is 0 Å². The van der Waals surface area contributed by atoms with E-state index < -0.39 is 11.7 Å². The van der Waals surface area contributed by atoms with Gasteiger partial charge in [-0.2, -0.15) is 13.2 Å². The molecule has 0 aliphatic rings. The van der Waals surface area contributed by atoms with Gasteiger partial charge in [-0.05, 0) is 124 Å². The van der Waals surface area contributed by atoms with Crippen LogP contribution in [0.4, 0.5) is 13.2 Å². The molecule has 5 aromatic heterocycles. The first-order chi connectivity index (χ1) is 46.5. The van der Waals surface area contributed by atoms with Crippen molar-refractivity contribution in [2.45, 2.75) is 61.6 Å². The molecule has 4 radical (unpaired) electrons. The summed E-state index contributed by atoms with van der Waals surface area (Å²) in [5.74, 6) is 0. The zero-order valence-electron chi connectivity index (χ0n) is 56.3. The third-order valence-corrected chi connectivity index (χ3v) is 15.7. The average molecular weight is 2020 g/mol. The van der Waals surface area contributed by atoms with Gasteiger partial charge in [-0.1, -0.05) is 173 Å². The first kappa shape index (κ1) is 80.1. The number of aryl methyl sites for hydroxylation is 8. The molecule has 0 aliphatic heterocycles. The van der Waals surface area contributed by atoms with Crippen LogP contribution in [-0.2, 0) is 86.6 Å². The van der Waals surface area contributed by atoms with E-state index in [0.29, 0.717) is 11.3 Å². The first-order valence-corrected chi connectivity index (χ1v) is 31.6. The van der Waals surface area contributed by atoms with Crippen LogP contribution in [0.1, 0.15) is 50.1 Å². The third-order valence-electron chi connectivity index (χ3n) is 15.7. The summed E-state index contributed by atoms with van der Waals surface area (Å²) in [5, 5.41) is 0. The molecule has 510 valence electrons. The van der Waals surface area contributed by atoms with Crippen molar-refractivity contribution in [1.82, 2.24) is 24.9 Å². The molecule has 100 heavy (non-hydrogen) atoms. The van der Waals surface area contributed by atoms with Crippen LogP contribution in [0.5, 0.6) is 0 Å². The van der Waals surface area contributed by atoms with Gasteiger partial charge in [0.05, 0.1) is 5.56 Å². The standard InChI is InChI=1S/2C20H18N.C18H11F3N.C18H14N.C12H10N.4Ir/c2*1-14-9-15(2)11-18(10-14)20-12-16(3)19(13-21-20)17-7-5-4-6-8-17;19-18(20,21)16-9-5-4-8-15(16)14-10-11-22-17(12-14)13-6-2-1-3-7-13;1-14-7-5-6-10-17(14)16-11-12-18(19-13-16)15-8-3-2-4-9-15;1-10-6-5-9-13-12(10)11-7-3-2-4-8-11;;;;/h2*4-10,12-13H,1-3H3;1-6,8-12H;2-8,10-13H,1H3;2-7,9H,1H3;;;;/q5*-1;;;;. The molecule has 0 atom stereocenters. The quantitative estimate of drug-likeness (QED) is 0.135. The molecular weight excluding hydrogens is 1950 g/mol. The summed E-state index contributed by atoms with van der Waals surface area (Å²) in [5.41, 5.74) is 26.3. The predicted molar refractivity (Wildman–Crippen MR) is 387 cm³/mol. The minimum absolute atomic E-state index is 0. The van der Waals surface area contributed by atoms with Gasteiger partial charge < -0.3 is 24.9 Å². The molecule has 0 bridgehead atoms. The van der Waals surface area contributed by atoms with E-state index in [4.69, 9.17) is 0 Å². The molecule has 5 nitrogen and oxygen atoms in total. The van der Waals surface area contributed by atoms with Crippen LogP contribution >= 0.6 is 0 Å². The van der Waals surface area contributed by atoms with Crippen LogP contribution in [0.15, 0.2) is 286 Å². The maximum Gasteiger partial charge on any atom is 0.417 e. The zero-order chi connectivity index (χ0) is 67.4. The van der Waals surface area contributed by atoms with Gasteiger partial charge in [0.25, 0.3) is 0 Å². The summed E-state index contributed by atoms with van der Waals surface area (Å²) in [6, 6.07) is 98.1. The second-order valence-corrected chi connectivity index (χ2v) is 23.2. The molecule has 14 rings (SSSR count). The molecule has 0 spiro atoms. The fraction of sp³-hybridized carbons (Fsp3) is 0.102. The molecule has 0 fully saturated rings. The molecule has 0 amide bonds. The molecule has 0 N–H and O–H groups in total. The number of benzene rings is 9. The van der Waals surface area contributed by atoms with Crippen LogP contribution in [0.25, 0.3) is 101 Å². The van der Waals surface area contributed by atoms with Crippen molar-refractivity contribution in [2.75, 3.05) is 0 Å². The Labute approximate surface area is 641 Å². The van der Waals surface area contributed by atoms with E-state index >= 15 is 0 Å². The van der Waals surface area contributed by atoms with Crippen LogP contribution in [0.3, 0.4) is 0 Å². The second-order valence-electron chi connectivity index (χ2n) is 23.2. The maximum absolute atomic E-state index is 13.1. The summed E-state index contributed by atoms with van der Waals surface area (Å²) < 4.78 is 39.4. The van der Waals surface area contributed by atoms with E-state index in [1.54, 1.807) is 24.3 Å². The Hall–Kier alpha value is -8.88. The summed E-state index contributed by atoms with van der Waals surface area (Å²) in [6.07, 6.45) is 4.79. The van der Waals surface area contributed by atoms with Gasteiger partial charge in [0.2, 0.25) is 0 Å². The average Bonchev–Trinajstić information content (AvgIpc) is 0.845. The number of hydrogen-bond donors (Lipinski definition) is 0. The number of alkyl halides is 3. The van der Waals surface area contributed by atoms with Crippen LogP contribution in [0.2, 0.25) is 0 Å². The minimum Gasteiger partial charge on any atom is -0.305 e. The number of aromatic nitrogens is 5. The molecule has 9 aromatic carbocycles. The number of rotatable bonds is 9. The van der Waals surface area contributed by atoms with Crippen molar-refractivity contribution in [1.29, 1.82) is 0 Å². The minimum atomic E-state index is -4.39. The number of nitrogens with zero attached hydrogens (tertiary/aromatic N) is 5. The Kier molecular flexibility index (Phi) is 31.4. The van der Waals surface area contributed by atoms with E-state index in [9.17, 15) is 13.2 Å². The molecule has 0 saturated carbocycles. The van der Waals surface area contributed by atoms with Gasteiger partial charge in [-0.15, -0.1) is 177 Å². The second kappa shape index (κ2) is 39.2. The van der Waals surface area contributed by atoms with Crippen molar-refractivity contribution < 1.29 is 93.6 Å². The smallest absolute Gasteiger partial charge is 0.305 e. The number of halogens is 3. The van der Waals surface area contributed by atoms with Crippen molar-refractivity contribution in [2.24, 2.45) is 0 Å². The molecule has 0 aliphatic carbocycles. The van der Waals surface area contributed by atoms with Crippen LogP contribution in [0, 0.1) is 85.7 Å². The van der Waals surface area contributed by atoms with Crippen molar-refractivity contribution in [3.63, 3.8) is 0 Å². The molecule has 12 heteroatoms. The van der Waals surface area contributed by atoms with Crippen LogP contribution in [-0.4, -0.2) is 24.9 Å². The largest absolute Gasteiger partial charge is 0.417 e. The third kappa shape index (κ3) is 22.3. The predicted octanol–water partition coefficient (Wildman–Crippen LogP) is 22.9. The van der Waals surface area contributed by atoms with Crippen molar-refractivity contribution in [3.05, 3.63) is 366 Å². The van der Waals surface area contributed by atoms with Gasteiger partial charge in [-0.3, -0.25) is 0 Å². The topological polar surface area (TPSA) is 64.5 Å². The summed E-state index contributed by atoms with van der Waals surface area (Å²) in [6.45, 7) is 16.8. The summed E-state index contributed by atoms with van der Waals surface area (Å²) in [4.78, 5) is 22.3. The Bertz CT molecular complexity index is 4660. The molecule has 0 unspecified atom stereocenters. The Morgan fingerprint density at radius 2 is 0.740 bits per heavy atom. The summed E-state index contributed by atoms with van der Waals surface area (Å²) >= 11 is 0. The van der Waals surface area contributed by atoms with Crippen LogP contribution < -0.4 is 0 Å². The molecule has 14 aromatic rings. The summed E-state index contributed by atoms with van der Waals surface area (Å²) in [7, 11) is 0. The number of hydrogen-bond acceptors (Lipinski definition) is 5. The number of pyridine rings is 5. The fourth-order valence-electron chi connectivity index (χ4n) is 11.1. The van der Waals surface area contributed by atoms with E-state index in [2.05, 4.69) is 232 Å². The Morgan fingerprint density at radius 1 is 0.290 bits per heavy atom. The maximum atomic E-state index is 13.1. The normalized spacial score (nSPS) is 10.2. The van der Waals surface area contributed by atoms with Gasteiger partial charge >= 0.3 is 6.18 Å². The van der Waals surface area contributed by atoms with Gasteiger partial charge in [-0.25, -0.2) is 0 Å². The van der Waals surface area contributed by atoms with E-state index in [-0.39, 0.29) is 86.0 Å². The Morgan fingerprint density at radius 3 is 1.20 bits per heavy atom.